The van der Waals surface area contributed by atoms with E-state index in [2.05, 4.69) is 13.8 Å². The first-order valence-electron chi connectivity index (χ1n) is 7.99. The number of aliphatic hydroxyl groups is 1. The summed E-state index contributed by atoms with van der Waals surface area (Å²) in [6, 6.07) is 0. The minimum absolute atomic E-state index is 0.00943. The fourth-order valence-electron chi connectivity index (χ4n) is 7.68. The lowest BCUT2D eigenvalue weighted by molar-refractivity contribution is -0.376. The molecule has 5 unspecified atom stereocenters. The van der Waals surface area contributed by atoms with Gasteiger partial charge in [0.2, 0.25) is 0 Å². The quantitative estimate of drug-likeness (QED) is 0.722. The predicted molar refractivity (Wildman–Crippen MR) is 69.3 cm³/mol. The van der Waals surface area contributed by atoms with Crippen LogP contribution in [0.2, 0.25) is 0 Å². The summed E-state index contributed by atoms with van der Waals surface area (Å²) in [4.78, 5) is 0. The van der Waals surface area contributed by atoms with Crippen molar-refractivity contribution in [2.45, 2.75) is 64.4 Å². The summed E-state index contributed by atoms with van der Waals surface area (Å²) in [6.07, 6.45) is -10.8. The molecule has 5 atom stereocenters. The van der Waals surface area contributed by atoms with E-state index in [1.807, 2.05) is 6.92 Å². The second-order valence-corrected chi connectivity index (χ2v) is 8.95. The molecule has 132 valence electrons. The van der Waals surface area contributed by atoms with Gasteiger partial charge < -0.3 is 5.11 Å². The third-order valence-electron chi connectivity index (χ3n) is 8.83. The van der Waals surface area contributed by atoms with Crippen molar-refractivity contribution in [2.75, 3.05) is 0 Å². The van der Waals surface area contributed by atoms with Gasteiger partial charge in [-0.25, -0.2) is 0 Å². The Morgan fingerprint density at radius 1 is 1.00 bits per heavy atom. The van der Waals surface area contributed by atoms with E-state index < -0.39 is 35.7 Å². The molecule has 5 fully saturated rings. The van der Waals surface area contributed by atoms with E-state index in [0.29, 0.717) is 6.42 Å². The SMILES string of the molecule is CC1C23CC4(CC2CC(O)(C(F)(F)F)C(F)(F)F)C(C)(C)C14C3. The number of alkyl halides is 6. The van der Waals surface area contributed by atoms with Crippen LogP contribution in [0, 0.1) is 33.5 Å². The molecule has 0 aromatic rings. The van der Waals surface area contributed by atoms with Crippen molar-refractivity contribution in [1.29, 1.82) is 0 Å². The third kappa shape index (κ3) is 1.21. The smallest absolute Gasteiger partial charge is 0.374 e. The van der Waals surface area contributed by atoms with Gasteiger partial charge in [0.15, 0.2) is 0 Å². The van der Waals surface area contributed by atoms with Gasteiger partial charge >= 0.3 is 12.4 Å². The van der Waals surface area contributed by atoms with E-state index in [9.17, 15) is 31.4 Å². The average molecular weight is 342 g/mol. The van der Waals surface area contributed by atoms with Gasteiger partial charge in [0.25, 0.3) is 5.60 Å². The summed E-state index contributed by atoms with van der Waals surface area (Å²) in [5.74, 6) is -0.566. The van der Waals surface area contributed by atoms with Gasteiger partial charge in [-0.1, -0.05) is 20.8 Å². The zero-order chi connectivity index (χ0) is 17.5. The minimum Gasteiger partial charge on any atom is -0.374 e. The van der Waals surface area contributed by atoms with Crippen molar-refractivity contribution in [2.24, 2.45) is 33.5 Å². The lowest BCUT2D eigenvalue weighted by atomic mass is 9.46. The summed E-state index contributed by atoms with van der Waals surface area (Å²) in [6.45, 7) is 6.16. The van der Waals surface area contributed by atoms with Crippen molar-refractivity contribution >= 4 is 0 Å². The third-order valence-corrected chi connectivity index (χ3v) is 8.83. The Morgan fingerprint density at radius 3 is 1.87 bits per heavy atom. The van der Waals surface area contributed by atoms with E-state index in [1.165, 1.54) is 0 Å². The van der Waals surface area contributed by atoms with E-state index in [4.69, 9.17) is 0 Å². The molecule has 0 amide bonds. The van der Waals surface area contributed by atoms with Gasteiger partial charge in [0.1, 0.15) is 0 Å². The summed E-state index contributed by atoms with van der Waals surface area (Å²) in [7, 11) is 0. The molecule has 1 nitrogen and oxygen atoms in total. The second kappa shape index (κ2) is 3.42. The van der Waals surface area contributed by atoms with Crippen LogP contribution in [0.25, 0.3) is 0 Å². The topological polar surface area (TPSA) is 20.2 Å². The Hall–Kier alpha value is -0.460. The summed E-state index contributed by atoms with van der Waals surface area (Å²) >= 11 is 0. The van der Waals surface area contributed by atoms with Gasteiger partial charge in [0.05, 0.1) is 0 Å². The van der Waals surface area contributed by atoms with Crippen molar-refractivity contribution in [3.05, 3.63) is 0 Å². The fraction of sp³-hybridized carbons (Fsp3) is 1.00. The minimum atomic E-state index is -5.70. The Kier molecular flexibility index (Phi) is 2.38. The number of rotatable bonds is 2. The molecule has 0 saturated heterocycles. The summed E-state index contributed by atoms with van der Waals surface area (Å²) in [5.41, 5.74) is -5.03. The molecule has 0 aromatic heterocycles. The largest absolute Gasteiger partial charge is 0.426 e. The molecule has 5 aliphatic carbocycles. The standard InChI is InChI=1S/C16H20F6O/c1-8-11-6-12(10(2,3)13(8,12)7-11)4-9(11)5-14(23,15(17,18)19)16(20,21)22/h8-9,23H,4-7H2,1-3H3. The lowest BCUT2D eigenvalue weighted by Gasteiger charge is -2.58. The van der Waals surface area contributed by atoms with Crippen molar-refractivity contribution < 1.29 is 31.4 Å². The van der Waals surface area contributed by atoms with Crippen LogP contribution in [0.3, 0.4) is 0 Å². The van der Waals surface area contributed by atoms with E-state index in [1.54, 1.807) is 0 Å². The van der Waals surface area contributed by atoms with Gasteiger partial charge in [-0.3, -0.25) is 0 Å². The van der Waals surface area contributed by atoms with Crippen LogP contribution in [0.15, 0.2) is 0 Å². The van der Waals surface area contributed by atoms with Crippen LogP contribution in [0.1, 0.15) is 46.5 Å². The summed E-state index contributed by atoms with van der Waals surface area (Å²) < 4.78 is 78.1. The first-order chi connectivity index (χ1) is 10.1. The second-order valence-electron chi connectivity index (χ2n) is 8.95. The Balaban J connectivity index is 1.68. The first kappa shape index (κ1) is 16.0. The molecule has 3 bridgehead atoms. The van der Waals surface area contributed by atoms with Crippen molar-refractivity contribution in [3.63, 3.8) is 0 Å². The number of hydrogen-bond acceptors (Lipinski definition) is 1. The average Bonchev–Trinajstić information content (AvgIpc) is 2.76. The molecule has 0 aliphatic heterocycles. The molecule has 23 heavy (non-hydrogen) atoms. The molecule has 5 aliphatic rings. The van der Waals surface area contributed by atoms with Gasteiger partial charge in [-0.15, -0.1) is 0 Å². The summed E-state index contributed by atoms with van der Waals surface area (Å²) in [5, 5.41) is 9.57. The zero-order valence-corrected chi connectivity index (χ0v) is 13.2. The molecule has 0 heterocycles. The van der Waals surface area contributed by atoms with Gasteiger partial charge in [-0.05, 0) is 59.2 Å². The van der Waals surface area contributed by atoms with Gasteiger partial charge in [-0.2, -0.15) is 26.3 Å². The van der Waals surface area contributed by atoms with E-state index in [-0.39, 0.29) is 22.2 Å². The maximum absolute atomic E-state index is 13.0. The van der Waals surface area contributed by atoms with Crippen LogP contribution >= 0.6 is 0 Å². The highest BCUT2D eigenvalue weighted by Gasteiger charge is 3.00. The highest BCUT2D eigenvalue weighted by atomic mass is 19.4. The molecule has 0 radical (unpaired) electrons. The maximum Gasteiger partial charge on any atom is 0.426 e. The van der Waals surface area contributed by atoms with E-state index in [0.717, 1.165) is 12.8 Å². The van der Waals surface area contributed by atoms with Crippen LogP contribution in [-0.4, -0.2) is 23.1 Å². The molecular weight excluding hydrogens is 322 g/mol. The lowest BCUT2D eigenvalue weighted by Crippen LogP contribution is -2.60. The van der Waals surface area contributed by atoms with Crippen molar-refractivity contribution in [3.8, 4) is 0 Å². The molecule has 0 aromatic carbocycles. The van der Waals surface area contributed by atoms with Crippen LogP contribution in [-0.2, 0) is 0 Å². The normalized spacial score (nSPS) is 49.8. The van der Waals surface area contributed by atoms with Crippen LogP contribution in [0.4, 0.5) is 26.3 Å². The Bertz CT molecular complexity index is 578. The maximum atomic E-state index is 13.0. The van der Waals surface area contributed by atoms with Crippen LogP contribution < -0.4 is 0 Å². The fourth-order valence-corrected chi connectivity index (χ4v) is 7.68. The van der Waals surface area contributed by atoms with Gasteiger partial charge in [0, 0.05) is 0 Å². The monoisotopic (exact) mass is 342 g/mol. The number of hydrogen-bond donors (Lipinski definition) is 1. The Labute approximate surface area is 130 Å². The molecule has 5 saturated carbocycles. The molecular formula is C16H20F6O. The zero-order valence-electron chi connectivity index (χ0n) is 13.2. The Morgan fingerprint density at radius 2 is 1.52 bits per heavy atom. The highest BCUT2D eigenvalue weighted by molar-refractivity contribution is 5.47. The predicted octanol–water partition coefficient (Wildman–Crippen LogP) is 4.69. The number of halogens is 6. The first-order valence-corrected chi connectivity index (χ1v) is 7.99. The van der Waals surface area contributed by atoms with Crippen molar-refractivity contribution in [1.82, 2.24) is 0 Å². The highest BCUT2D eigenvalue weighted by Crippen LogP contribution is 3.06. The molecule has 1 N–H and O–H groups in total. The molecule has 5 rings (SSSR count). The molecule has 7 heteroatoms. The van der Waals surface area contributed by atoms with E-state index >= 15 is 0 Å². The molecule has 3 spiro atoms. The van der Waals surface area contributed by atoms with Crippen LogP contribution in [0.5, 0.6) is 0 Å².